The number of hydrogen-bond donors (Lipinski definition) is 1. The van der Waals surface area contributed by atoms with Gasteiger partial charge in [-0.2, -0.15) is 5.26 Å². The Morgan fingerprint density at radius 3 is 2.36 bits per heavy atom. The highest BCUT2D eigenvalue weighted by molar-refractivity contribution is 7.99. The molecule has 1 saturated carbocycles. The molecule has 0 atom stereocenters. The largest absolute Gasteiger partial charge is 0.337 e. The lowest BCUT2D eigenvalue weighted by Gasteiger charge is -2.21. The van der Waals surface area contributed by atoms with E-state index >= 15 is 0 Å². The Labute approximate surface area is 199 Å². The molecule has 6 nitrogen and oxygen atoms in total. The van der Waals surface area contributed by atoms with Gasteiger partial charge in [-0.05, 0) is 48.8 Å². The number of thioether (sulfide) groups is 1. The lowest BCUT2D eigenvalue weighted by atomic mass is 9.87. The number of benzene rings is 2. The first kappa shape index (κ1) is 23.1. The number of aromatic nitrogens is 3. The second kappa shape index (κ2) is 9.40. The van der Waals surface area contributed by atoms with Crippen LogP contribution in [0.3, 0.4) is 0 Å². The van der Waals surface area contributed by atoms with Crippen molar-refractivity contribution in [3.8, 4) is 23.1 Å². The number of nitrogens with zero attached hydrogens (tertiary/aromatic N) is 4. The van der Waals surface area contributed by atoms with E-state index in [1.54, 1.807) is 0 Å². The number of nitriles is 1. The average Bonchev–Trinajstić information content (AvgIpc) is 3.45. The predicted molar refractivity (Wildman–Crippen MR) is 131 cm³/mol. The van der Waals surface area contributed by atoms with Gasteiger partial charge in [0.1, 0.15) is 5.54 Å². The molecular weight excluding hydrogens is 430 g/mol. The molecule has 0 aliphatic heterocycles. The number of amides is 1. The summed E-state index contributed by atoms with van der Waals surface area (Å²) in [6.07, 6.45) is 3.38. The second-order valence-electron chi connectivity index (χ2n) is 9.54. The Kier molecular flexibility index (Phi) is 6.57. The number of carbonyl (C=O) groups is 1. The molecule has 1 aromatic heterocycles. The fraction of sp³-hybridized carbons (Fsp3) is 0.385. The van der Waals surface area contributed by atoms with Crippen molar-refractivity contribution in [1.29, 1.82) is 5.26 Å². The third kappa shape index (κ3) is 5.12. The molecule has 1 N–H and O–H groups in total. The number of hydrogen-bond acceptors (Lipinski definition) is 5. The van der Waals surface area contributed by atoms with Crippen LogP contribution in [-0.4, -0.2) is 32.0 Å². The smallest absolute Gasteiger partial charge is 0.231 e. The first-order valence-corrected chi connectivity index (χ1v) is 12.3. The molecule has 1 aliphatic rings. The number of nitrogens with one attached hydrogen (secondary N) is 1. The normalized spacial score (nSPS) is 15.2. The van der Waals surface area contributed by atoms with Crippen LogP contribution in [0.4, 0.5) is 0 Å². The molecule has 0 bridgehead atoms. The van der Waals surface area contributed by atoms with Crippen molar-refractivity contribution in [2.75, 3.05) is 5.75 Å². The van der Waals surface area contributed by atoms with Crippen LogP contribution in [0.1, 0.15) is 52.0 Å². The molecule has 0 unspecified atom stereocenters. The van der Waals surface area contributed by atoms with E-state index in [0.29, 0.717) is 5.16 Å². The van der Waals surface area contributed by atoms with Crippen LogP contribution in [0.2, 0.25) is 0 Å². The first-order valence-electron chi connectivity index (χ1n) is 11.3. The molecule has 1 aliphatic carbocycles. The summed E-state index contributed by atoms with van der Waals surface area (Å²) in [4.78, 5) is 12.7. The van der Waals surface area contributed by atoms with E-state index < -0.39 is 5.54 Å². The van der Waals surface area contributed by atoms with Gasteiger partial charge in [-0.25, -0.2) is 0 Å². The minimum Gasteiger partial charge on any atom is -0.337 e. The van der Waals surface area contributed by atoms with Crippen molar-refractivity contribution >= 4 is 17.7 Å². The van der Waals surface area contributed by atoms with Crippen molar-refractivity contribution in [3.63, 3.8) is 0 Å². The van der Waals surface area contributed by atoms with Gasteiger partial charge in [0.25, 0.3) is 0 Å². The van der Waals surface area contributed by atoms with Gasteiger partial charge in [-0.15, -0.1) is 10.2 Å². The van der Waals surface area contributed by atoms with Crippen molar-refractivity contribution in [1.82, 2.24) is 20.1 Å². The fourth-order valence-corrected chi connectivity index (χ4v) is 4.91. The zero-order chi connectivity index (χ0) is 23.5. The zero-order valence-electron chi connectivity index (χ0n) is 19.3. The van der Waals surface area contributed by atoms with E-state index in [1.165, 1.54) is 17.3 Å². The summed E-state index contributed by atoms with van der Waals surface area (Å²) in [6.45, 7) is 6.57. The number of para-hydroxylation sites is 1. The Hall–Kier alpha value is -3.11. The highest BCUT2D eigenvalue weighted by Gasteiger charge is 2.35. The van der Waals surface area contributed by atoms with Crippen LogP contribution in [0.15, 0.2) is 59.8 Å². The maximum absolute atomic E-state index is 12.7. The summed E-state index contributed by atoms with van der Waals surface area (Å²) >= 11 is 1.33. The van der Waals surface area contributed by atoms with Gasteiger partial charge in [0, 0.05) is 11.3 Å². The first-order chi connectivity index (χ1) is 15.8. The lowest BCUT2D eigenvalue weighted by Crippen LogP contribution is -2.45. The number of rotatable bonds is 6. The minimum absolute atomic E-state index is 0.0696. The maximum atomic E-state index is 12.7. The van der Waals surface area contributed by atoms with Crippen LogP contribution in [0.25, 0.3) is 17.1 Å². The molecule has 7 heteroatoms. The molecule has 170 valence electrons. The Morgan fingerprint density at radius 2 is 1.76 bits per heavy atom. The van der Waals surface area contributed by atoms with Crippen molar-refractivity contribution in [2.45, 2.75) is 62.6 Å². The van der Waals surface area contributed by atoms with Crippen LogP contribution in [-0.2, 0) is 10.2 Å². The third-order valence-corrected chi connectivity index (χ3v) is 6.97. The molecule has 3 aromatic rings. The highest BCUT2D eigenvalue weighted by Crippen LogP contribution is 2.31. The van der Waals surface area contributed by atoms with Gasteiger partial charge in [-0.3, -0.25) is 9.36 Å². The summed E-state index contributed by atoms with van der Waals surface area (Å²) in [5.74, 6) is 0.758. The van der Waals surface area contributed by atoms with E-state index in [4.69, 9.17) is 0 Å². The van der Waals surface area contributed by atoms with E-state index in [9.17, 15) is 10.1 Å². The van der Waals surface area contributed by atoms with Crippen LogP contribution < -0.4 is 5.32 Å². The Balaban J connectivity index is 1.59. The standard InChI is InChI=1S/C26H29N5OS/c1-25(2,3)20-13-11-19(12-14-20)23-29-30-24(31(23)21-9-5-4-6-10-21)33-17-22(32)28-26(18-27)15-7-8-16-26/h4-6,9-14H,7-8,15-17H2,1-3H3,(H,28,32). The number of carbonyl (C=O) groups excluding carboxylic acids is 1. The minimum atomic E-state index is -0.718. The molecule has 0 radical (unpaired) electrons. The highest BCUT2D eigenvalue weighted by atomic mass is 32.2. The topological polar surface area (TPSA) is 83.6 Å². The fourth-order valence-electron chi connectivity index (χ4n) is 4.16. The average molecular weight is 460 g/mol. The quantitative estimate of drug-likeness (QED) is 0.507. The van der Waals surface area contributed by atoms with Crippen molar-refractivity contribution in [2.24, 2.45) is 0 Å². The molecule has 0 spiro atoms. The van der Waals surface area contributed by atoms with Crippen molar-refractivity contribution in [3.05, 3.63) is 60.2 Å². The lowest BCUT2D eigenvalue weighted by molar-refractivity contribution is -0.119. The van der Waals surface area contributed by atoms with E-state index in [2.05, 4.69) is 66.6 Å². The Bertz CT molecular complexity index is 1150. The molecule has 1 amide bonds. The van der Waals surface area contributed by atoms with Gasteiger partial charge in [-0.1, -0.05) is 75.0 Å². The van der Waals surface area contributed by atoms with Gasteiger partial charge in [0.05, 0.1) is 11.8 Å². The molecule has 4 rings (SSSR count). The van der Waals surface area contributed by atoms with E-state index in [0.717, 1.165) is 42.8 Å². The molecule has 0 saturated heterocycles. The summed E-state index contributed by atoms with van der Waals surface area (Å²) in [6, 6.07) is 20.6. The van der Waals surface area contributed by atoms with Gasteiger partial charge in [0.15, 0.2) is 11.0 Å². The van der Waals surface area contributed by atoms with Crippen LogP contribution in [0.5, 0.6) is 0 Å². The second-order valence-corrected chi connectivity index (χ2v) is 10.5. The van der Waals surface area contributed by atoms with Crippen LogP contribution >= 0.6 is 11.8 Å². The van der Waals surface area contributed by atoms with E-state index in [1.807, 2.05) is 34.9 Å². The van der Waals surface area contributed by atoms with Crippen molar-refractivity contribution < 1.29 is 4.79 Å². The molecule has 33 heavy (non-hydrogen) atoms. The molecular formula is C26H29N5OS. The summed E-state index contributed by atoms with van der Waals surface area (Å²) in [5, 5.41) is 22.0. The predicted octanol–water partition coefficient (Wildman–Crippen LogP) is 5.28. The monoisotopic (exact) mass is 459 g/mol. The van der Waals surface area contributed by atoms with Crippen LogP contribution in [0, 0.1) is 11.3 Å². The van der Waals surface area contributed by atoms with Gasteiger partial charge in [0.2, 0.25) is 5.91 Å². The summed E-state index contributed by atoms with van der Waals surface area (Å²) < 4.78 is 1.99. The zero-order valence-corrected chi connectivity index (χ0v) is 20.2. The molecule has 2 aromatic carbocycles. The molecule has 1 fully saturated rings. The Morgan fingerprint density at radius 1 is 1.09 bits per heavy atom. The third-order valence-electron chi connectivity index (χ3n) is 6.04. The SMILES string of the molecule is CC(C)(C)c1ccc(-c2nnc(SCC(=O)NC3(C#N)CCCC3)n2-c2ccccc2)cc1. The van der Waals surface area contributed by atoms with Gasteiger partial charge < -0.3 is 5.32 Å². The van der Waals surface area contributed by atoms with E-state index in [-0.39, 0.29) is 17.1 Å². The maximum Gasteiger partial charge on any atom is 0.231 e. The summed E-state index contributed by atoms with van der Waals surface area (Å²) in [7, 11) is 0. The summed E-state index contributed by atoms with van der Waals surface area (Å²) in [5.41, 5.74) is 2.50. The molecule has 1 heterocycles. The van der Waals surface area contributed by atoms with Gasteiger partial charge >= 0.3 is 0 Å².